The summed E-state index contributed by atoms with van der Waals surface area (Å²) in [4.78, 5) is 6.76. The van der Waals surface area contributed by atoms with Gasteiger partial charge in [0.2, 0.25) is 5.88 Å². The highest BCUT2D eigenvalue weighted by Gasteiger charge is 2.19. The number of ether oxygens (including phenoxy) is 1. The average molecular weight is 463 g/mol. The summed E-state index contributed by atoms with van der Waals surface area (Å²) in [5.74, 6) is 1.18. The summed E-state index contributed by atoms with van der Waals surface area (Å²) in [6, 6.07) is 10.5. The quantitative estimate of drug-likeness (QED) is 0.485. The molecule has 0 amide bonds. The lowest BCUT2D eigenvalue weighted by Gasteiger charge is -2.27. The Morgan fingerprint density at radius 3 is 2.71 bits per heavy atom. The first-order valence-corrected chi connectivity index (χ1v) is 11.4. The molecule has 1 unspecified atom stereocenters. The molecule has 1 atom stereocenters. The third-order valence-corrected chi connectivity index (χ3v) is 5.76. The van der Waals surface area contributed by atoms with Crippen molar-refractivity contribution in [3.8, 4) is 5.88 Å². The first-order chi connectivity index (χ1) is 16.5. The van der Waals surface area contributed by atoms with Crippen LogP contribution in [0.1, 0.15) is 44.5 Å². The van der Waals surface area contributed by atoms with Crippen LogP contribution in [0.5, 0.6) is 5.88 Å². The molecule has 0 radical (unpaired) electrons. The average Bonchev–Trinajstić information content (AvgIpc) is 3.08. The minimum Gasteiger partial charge on any atom is -0.479 e. The minimum atomic E-state index is -0.238. The standard InChI is InChI=1S/C26H31FN6O/c1-5-19-15-23(31-32-25(19)29-18(3)20-7-9-21(27)10-8-20)22-11-12-24(26(30-22)34-4)33-14-6-13-28-17(2)16-33/h6-12,14-16,18,28-29,31-32H,5,13H2,1-4H3. The van der Waals surface area contributed by atoms with Crippen molar-refractivity contribution in [3.63, 3.8) is 0 Å². The zero-order valence-corrected chi connectivity index (χ0v) is 19.9. The molecule has 1 aromatic carbocycles. The molecule has 0 fully saturated rings. The number of hydrogen-bond acceptors (Lipinski definition) is 7. The number of nitrogens with one attached hydrogen (secondary N) is 4. The van der Waals surface area contributed by atoms with Gasteiger partial charge in [0.05, 0.1) is 18.5 Å². The Labute approximate surface area is 200 Å². The van der Waals surface area contributed by atoms with Gasteiger partial charge in [-0.1, -0.05) is 19.1 Å². The maximum Gasteiger partial charge on any atom is 0.238 e. The fourth-order valence-corrected chi connectivity index (χ4v) is 3.85. The van der Waals surface area contributed by atoms with Crippen LogP contribution in [0.3, 0.4) is 0 Å². The Hall–Kier alpha value is -3.94. The van der Waals surface area contributed by atoms with Gasteiger partial charge >= 0.3 is 0 Å². The van der Waals surface area contributed by atoms with E-state index in [2.05, 4.69) is 40.6 Å². The Morgan fingerprint density at radius 2 is 1.97 bits per heavy atom. The molecular formula is C26H31FN6O. The van der Waals surface area contributed by atoms with Crippen LogP contribution < -0.4 is 31.1 Å². The smallest absolute Gasteiger partial charge is 0.238 e. The summed E-state index contributed by atoms with van der Waals surface area (Å²) < 4.78 is 18.9. The van der Waals surface area contributed by atoms with E-state index in [1.54, 1.807) is 19.2 Å². The molecule has 2 aliphatic heterocycles. The fourth-order valence-electron chi connectivity index (χ4n) is 3.85. The van der Waals surface area contributed by atoms with E-state index in [1.165, 1.54) is 12.1 Å². The van der Waals surface area contributed by atoms with E-state index in [4.69, 9.17) is 9.72 Å². The van der Waals surface area contributed by atoms with Crippen molar-refractivity contribution in [2.45, 2.75) is 33.2 Å². The van der Waals surface area contributed by atoms with Crippen molar-refractivity contribution < 1.29 is 9.13 Å². The third kappa shape index (κ3) is 5.17. The highest BCUT2D eigenvalue weighted by molar-refractivity contribution is 5.69. The van der Waals surface area contributed by atoms with E-state index in [0.29, 0.717) is 5.88 Å². The van der Waals surface area contributed by atoms with Gasteiger partial charge in [-0.2, -0.15) is 0 Å². The second-order valence-corrected chi connectivity index (χ2v) is 8.19. The molecule has 8 heteroatoms. The van der Waals surface area contributed by atoms with E-state index in [9.17, 15) is 4.39 Å². The molecule has 0 saturated carbocycles. The van der Waals surface area contributed by atoms with Crippen molar-refractivity contribution in [1.82, 2.24) is 26.5 Å². The van der Waals surface area contributed by atoms with Crippen LogP contribution in [0.2, 0.25) is 0 Å². The second kappa shape index (κ2) is 10.3. The van der Waals surface area contributed by atoms with Gasteiger partial charge in [-0.3, -0.25) is 10.9 Å². The lowest BCUT2D eigenvalue weighted by Crippen LogP contribution is -2.40. The van der Waals surface area contributed by atoms with Crippen LogP contribution in [0.25, 0.3) is 5.70 Å². The Morgan fingerprint density at radius 1 is 1.18 bits per heavy atom. The number of pyridine rings is 1. The number of anilines is 1. The lowest BCUT2D eigenvalue weighted by atomic mass is 10.1. The Balaban J connectivity index is 1.58. The van der Waals surface area contributed by atoms with Gasteiger partial charge < -0.3 is 20.3 Å². The predicted molar refractivity (Wildman–Crippen MR) is 134 cm³/mol. The van der Waals surface area contributed by atoms with Crippen LogP contribution in [0, 0.1) is 5.82 Å². The van der Waals surface area contributed by atoms with E-state index in [0.717, 1.165) is 52.7 Å². The lowest BCUT2D eigenvalue weighted by molar-refractivity contribution is 0.398. The van der Waals surface area contributed by atoms with Gasteiger partial charge in [0.15, 0.2) is 0 Å². The molecule has 2 aliphatic rings. The number of allylic oxidation sites excluding steroid dienone is 3. The second-order valence-electron chi connectivity index (χ2n) is 8.19. The van der Waals surface area contributed by atoms with E-state index in [-0.39, 0.29) is 11.9 Å². The topological polar surface area (TPSA) is 73.5 Å². The molecule has 178 valence electrons. The van der Waals surface area contributed by atoms with Gasteiger partial charge in [-0.15, -0.1) is 0 Å². The number of halogens is 1. The number of nitrogens with zero attached hydrogens (tertiary/aromatic N) is 2. The maximum atomic E-state index is 13.3. The number of hydrogen-bond donors (Lipinski definition) is 4. The van der Waals surface area contributed by atoms with Crippen LogP contribution in [-0.2, 0) is 0 Å². The molecule has 0 bridgehead atoms. The molecular weight excluding hydrogens is 431 g/mol. The van der Waals surface area contributed by atoms with Gasteiger partial charge in [0.1, 0.15) is 17.3 Å². The summed E-state index contributed by atoms with van der Waals surface area (Å²) >= 11 is 0. The van der Waals surface area contributed by atoms with E-state index in [1.807, 2.05) is 43.3 Å². The van der Waals surface area contributed by atoms with Crippen molar-refractivity contribution in [2.24, 2.45) is 0 Å². The largest absolute Gasteiger partial charge is 0.479 e. The van der Waals surface area contributed by atoms with Crippen LogP contribution in [0.15, 0.2) is 78.0 Å². The van der Waals surface area contributed by atoms with Gasteiger partial charge in [-0.25, -0.2) is 9.37 Å². The Bertz CT molecular complexity index is 1150. The summed E-state index contributed by atoms with van der Waals surface area (Å²) in [5.41, 5.74) is 12.2. The maximum absolute atomic E-state index is 13.3. The number of benzene rings is 1. The summed E-state index contributed by atoms with van der Waals surface area (Å²) in [5, 5.41) is 6.78. The molecule has 4 N–H and O–H groups in total. The van der Waals surface area contributed by atoms with Gasteiger partial charge in [0.25, 0.3) is 0 Å². The molecule has 3 heterocycles. The minimum absolute atomic E-state index is 0.00610. The van der Waals surface area contributed by atoms with Crippen molar-refractivity contribution >= 4 is 11.4 Å². The summed E-state index contributed by atoms with van der Waals surface area (Å²) in [7, 11) is 1.63. The first kappa shape index (κ1) is 23.2. The zero-order valence-electron chi connectivity index (χ0n) is 19.9. The molecule has 4 rings (SSSR count). The Kier molecular flexibility index (Phi) is 7.06. The monoisotopic (exact) mass is 462 g/mol. The van der Waals surface area contributed by atoms with Crippen molar-refractivity contribution in [2.75, 3.05) is 18.6 Å². The van der Waals surface area contributed by atoms with Crippen LogP contribution >= 0.6 is 0 Å². The van der Waals surface area contributed by atoms with Crippen molar-refractivity contribution in [1.29, 1.82) is 0 Å². The van der Waals surface area contributed by atoms with Gasteiger partial charge in [0, 0.05) is 30.7 Å². The molecule has 1 aromatic heterocycles. The first-order valence-electron chi connectivity index (χ1n) is 11.4. The SMILES string of the molecule is CCC1=C(NC(C)c2ccc(F)cc2)NNC(c2ccc(N3C=CCNC(C)=C3)c(OC)n2)=C1. The van der Waals surface area contributed by atoms with E-state index >= 15 is 0 Å². The van der Waals surface area contributed by atoms with Crippen molar-refractivity contribution in [3.05, 3.63) is 95.1 Å². The molecule has 0 saturated heterocycles. The zero-order chi connectivity index (χ0) is 24.1. The number of methoxy groups -OCH3 is 1. The number of aromatic nitrogens is 1. The molecule has 0 spiro atoms. The number of hydrazine groups is 1. The molecule has 0 aliphatic carbocycles. The van der Waals surface area contributed by atoms with Crippen LogP contribution in [0.4, 0.5) is 10.1 Å². The number of rotatable bonds is 7. The predicted octanol–water partition coefficient (Wildman–Crippen LogP) is 4.44. The third-order valence-electron chi connectivity index (χ3n) is 5.76. The fraction of sp³-hybridized carbons (Fsp3) is 0.269. The van der Waals surface area contributed by atoms with Gasteiger partial charge in [-0.05, 0) is 67.8 Å². The molecule has 2 aromatic rings. The van der Waals surface area contributed by atoms with Crippen LogP contribution in [-0.4, -0.2) is 18.6 Å². The summed E-state index contributed by atoms with van der Waals surface area (Å²) in [6.07, 6.45) is 8.97. The molecule has 34 heavy (non-hydrogen) atoms. The highest BCUT2D eigenvalue weighted by Crippen LogP contribution is 2.30. The highest BCUT2D eigenvalue weighted by atomic mass is 19.1. The summed E-state index contributed by atoms with van der Waals surface area (Å²) in [6.45, 7) is 6.95. The van der Waals surface area contributed by atoms with E-state index < -0.39 is 0 Å². The molecule has 7 nitrogen and oxygen atoms in total. The normalized spacial score (nSPS) is 16.4.